The smallest absolute Gasteiger partial charge is 0.265 e. The third-order valence-corrected chi connectivity index (χ3v) is 12.9. The Labute approximate surface area is 318 Å². The Kier molecular flexibility index (Phi) is 8.04. The van der Waals surface area contributed by atoms with Gasteiger partial charge in [-0.3, -0.25) is 9.59 Å². The van der Waals surface area contributed by atoms with Gasteiger partial charge >= 0.3 is 0 Å². The van der Waals surface area contributed by atoms with Crippen molar-refractivity contribution in [3.8, 4) is 23.1 Å². The number of fused-ring (bicyclic) bond motifs is 5. The SMILES string of the molecule is COc1cc(OCc2ccccc2)c2c(O)c3c(c4c2c1[C@]1(C4)C(C)=CCCC1(C)C)[C@@H](OC)[C@H]1Cc2onc(OCc4ccccc4)c2C(=O)[C@@]1(O)C3=O. The molecule has 4 atom stereocenters. The number of aromatic nitrogens is 1. The van der Waals surface area contributed by atoms with Crippen molar-refractivity contribution in [1.82, 2.24) is 5.16 Å². The molecule has 4 aromatic carbocycles. The zero-order valence-corrected chi connectivity index (χ0v) is 31.5. The normalized spacial score (nSPS) is 24.7. The number of hydrogen-bond acceptors (Lipinski definition) is 10. The highest BCUT2D eigenvalue weighted by Gasteiger charge is 2.65. The van der Waals surface area contributed by atoms with Gasteiger partial charge in [0.05, 0.1) is 24.2 Å². The molecule has 0 radical (unpaired) electrons. The number of phenolic OH excluding ortho intramolecular Hbond substituents is 1. The maximum Gasteiger partial charge on any atom is 0.265 e. The number of carbonyl (C=O) groups is 2. The zero-order valence-electron chi connectivity index (χ0n) is 31.5. The fraction of sp³-hybridized carbons (Fsp3) is 0.356. The number of hydrogen-bond donors (Lipinski definition) is 2. The number of methoxy groups -OCH3 is 2. The predicted octanol–water partition coefficient (Wildman–Crippen LogP) is 7.93. The number of ether oxygens (including phenoxy) is 4. The summed E-state index contributed by atoms with van der Waals surface area (Å²) in [5, 5.41) is 30.4. The van der Waals surface area contributed by atoms with E-state index in [0.717, 1.165) is 40.5 Å². The third-order valence-electron chi connectivity index (χ3n) is 12.9. The minimum atomic E-state index is -2.62. The van der Waals surface area contributed by atoms with Crippen LogP contribution in [0.3, 0.4) is 0 Å². The minimum Gasteiger partial charge on any atom is -0.506 e. The average molecular weight is 742 g/mol. The highest BCUT2D eigenvalue weighted by Crippen LogP contribution is 2.66. The van der Waals surface area contributed by atoms with Crippen LogP contribution >= 0.6 is 0 Å². The van der Waals surface area contributed by atoms with Crippen LogP contribution in [0, 0.1) is 11.3 Å². The molecule has 4 aliphatic rings. The van der Waals surface area contributed by atoms with Crippen molar-refractivity contribution >= 4 is 22.3 Å². The van der Waals surface area contributed by atoms with E-state index < -0.39 is 34.6 Å². The number of benzene rings is 4. The quantitative estimate of drug-likeness (QED) is 0.119. The van der Waals surface area contributed by atoms with Crippen molar-refractivity contribution in [2.45, 2.75) is 76.8 Å². The summed E-state index contributed by atoms with van der Waals surface area (Å²) in [5.74, 6) is -2.26. The summed E-state index contributed by atoms with van der Waals surface area (Å²) >= 11 is 0. The van der Waals surface area contributed by atoms with Gasteiger partial charge in [0, 0.05) is 41.9 Å². The molecule has 1 heterocycles. The molecule has 0 saturated carbocycles. The molecule has 0 saturated heterocycles. The number of carbonyl (C=O) groups excluding carboxylic acids is 2. The highest BCUT2D eigenvalue weighted by atomic mass is 16.5. The number of phenols is 1. The summed E-state index contributed by atoms with van der Waals surface area (Å²) in [6.07, 6.45) is 3.54. The lowest BCUT2D eigenvalue weighted by molar-refractivity contribution is -0.0607. The molecule has 2 N–H and O–H groups in total. The van der Waals surface area contributed by atoms with Crippen LogP contribution in [0.5, 0.6) is 23.1 Å². The summed E-state index contributed by atoms with van der Waals surface area (Å²) in [4.78, 5) is 29.8. The van der Waals surface area contributed by atoms with Crippen LogP contribution in [0.15, 0.2) is 82.9 Å². The summed E-state index contributed by atoms with van der Waals surface area (Å²) in [6.45, 7) is 6.93. The number of nitrogens with zero attached hydrogens (tertiary/aromatic N) is 1. The van der Waals surface area contributed by atoms with E-state index in [1.165, 1.54) is 12.7 Å². The second kappa shape index (κ2) is 12.5. The molecule has 10 heteroatoms. The van der Waals surface area contributed by atoms with Crippen LogP contribution in [-0.2, 0) is 36.2 Å². The molecule has 282 valence electrons. The van der Waals surface area contributed by atoms with Crippen molar-refractivity contribution in [3.63, 3.8) is 0 Å². The molecular formula is C45H43NO9. The lowest BCUT2D eigenvalue weighted by Gasteiger charge is -2.49. The van der Waals surface area contributed by atoms with Crippen molar-refractivity contribution in [3.05, 3.63) is 123 Å². The molecule has 55 heavy (non-hydrogen) atoms. The summed E-state index contributed by atoms with van der Waals surface area (Å²) < 4.78 is 30.6. The van der Waals surface area contributed by atoms with Gasteiger partial charge in [-0.05, 0) is 59.0 Å². The molecule has 0 amide bonds. The van der Waals surface area contributed by atoms with Gasteiger partial charge in [-0.2, -0.15) is 0 Å². The largest absolute Gasteiger partial charge is 0.506 e. The number of allylic oxidation sites excluding steroid dienone is 2. The number of aromatic hydroxyl groups is 1. The summed E-state index contributed by atoms with van der Waals surface area (Å²) in [5.41, 5.74) is 1.38. The van der Waals surface area contributed by atoms with Crippen molar-refractivity contribution in [2.24, 2.45) is 11.3 Å². The molecular weight excluding hydrogens is 698 g/mol. The van der Waals surface area contributed by atoms with Gasteiger partial charge in [0.2, 0.25) is 11.6 Å². The first-order chi connectivity index (χ1) is 26.5. The van der Waals surface area contributed by atoms with E-state index in [0.29, 0.717) is 28.9 Å². The molecule has 1 aromatic heterocycles. The first-order valence-electron chi connectivity index (χ1n) is 18.7. The Bertz CT molecular complexity index is 2430. The van der Waals surface area contributed by atoms with Crippen LogP contribution in [0.4, 0.5) is 0 Å². The summed E-state index contributed by atoms with van der Waals surface area (Å²) in [7, 11) is 3.13. The molecule has 0 aliphatic heterocycles. The molecule has 5 aromatic rings. The lowest BCUT2D eigenvalue weighted by Crippen LogP contribution is -2.60. The number of rotatable bonds is 8. The topological polar surface area (TPSA) is 138 Å². The van der Waals surface area contributed by atoms with Gasteiger partial charge in [0.15, 0.2) is 11.4 Å². The number of Topliss-reactive ketones (excluding diaryl/α,β-unsaturated/α-hetero) is 2. The van der Waals surface area contributed by atoms with E-state index >= 15 is 4.79 Å². The van der Waals surface area contributed by atoms with E-state index in [9.17, 15) is 15.0 Å². The van der Waals surface area contributed by atoms with Crippen LogP contribution in [-0.4, -0.2) is 46.8 Å². The van der Waals surface area contributed by atoms with Crippen molar-refractivity contribution in [1.29, 1.82) is 0 Å². The molecule has 4 aliphatic carbocycles. The van der Waals surface area contributed by atoms with E-state index in [-0.39, 0.29) is 53.6 Å². The van der Waals surface area contributed by atoms with Gasteiger partial charge in [-0.25, -0.2) is 0 Å². The Morgan fingerprint density at radius 3 is 2.18 bits per heavy atom. The summed E-state index contributed by atoms with van der Waals surface area (Å²) in [6, 6.07) is 20.8. The number of aliphatic hydroxyl groups is 1. The van der Waals surface area contributed by atoms with Gasteiger partial charge < -0.3 is 33.7 Å². The van der Waals surface area contributed by atoms with Crippen LogP contribution in [0.25, 0.3) is 10.8 Å². The second-order valence-electron chi connectivity index (χ2n) is 15.9. The van der Waals surface area contributed by atoms with Crippen LogP contribution in [0.1, 0.15) is 94.0 Å². The number of ketones is 2. The van der Waals surface area contributed by atoms with E-state index in [1.54, 1.807) is 13.2 Å². The third kappa shape index (κ3) is 4.77. The standard InChI is InChI=1S/C45H43NO9/c1-24-13-12-18-43(2,3)44(24)21-27-32-34(29(20-31(51-4)37(32)44)53-22-25-14-8-6-9-15-25)38(47)36-33(27)39(52-5)28-19-30-35(40(48)45(28,50)41(36)49)42(46-55-30)54-23-26-16-10-7-11-17-26/h6-11,13-17,20,28,39,47,50H,12,18-19,21-23H2,1-5H3/t28-,39+,44+,45-/m1/s1. The van der Waals surface area contributed by atoms with Crippen molar-refractivity contribution < 1.29 is 43.3 Å². The van der Waals surface area contributed by atoms with Crippen LogP contribution in [0.2, 0.25) is 0 Å². The van der Waals surface area contributed by atoms with Gasteiger partial charge in [0.1, 0.15) is 36.0 Å². The Morgan fingerprint density at radius 1 is 0.891 bits per heavy atom. The Morgan fingerprint density at radius 2 is 1.55 bits per heavy atom. The first kappa shape index (κ1) is 35.3. The van der Waals surface area contributed by atoms with Gasteiger partial charge in [0.25, 0.3) is 5.88 Å². The maximum absolute atomic E-state index is 15.1. The zero-order chi connectivity index (χ0) is 38.4. The predicted molar refractivity (Wildman–Crippen MR) is 203 cm³/mol. The molecule has 0 fully saturated rings. The lowest BCUT2D eigenvalue weighted by atomic mass is 9.54. The molecule has 0 unspecified atom stereocenters. The minimum absolute atomic E-state index is 0.0346. The molecule has 1 spiro atoms. The maximum atomic E-state index is 15.1. The van der Waals surface area contributed by atoms with Crippen molar-refractivity contribution in [2.75, 3.05) is 14.2 Å². The molecule has 10 nitrogen and oxygen atoms in total. The fourth-order valence-electron chi connectivity index (χ4n) is 10.2. The van der Waals surface area contributed by atoms with Gasteiger partial charge in [-0.15, -0.1) is 0 Å². The van der Waals surface area contributed by atoms with E-state index in [1.807, 2.05) is 60.7 Å². The van der Waals surface area contributed by atoms with E-state index in [4.69, 9.17) is 23.5 Å². The first-order valence-corrected chi connectivity index (χ1v) is 18.7. The Balaban J connectivity index is 1.27. The second-order valence-corrected chi connectivity index (χ2v) is 15.9. The Hall–Kier alpha value is -5.45. The molecule has 0 bridgehead atoms. The fourth-order valence-corrected chi connectivity index (χ4v) is 10.2. The highest BCUT2D eigenvalue weighted by molar-refractivity contribution is 6.27. The van der Waals surface area contributed by atoms with Crippen LogP contribution < -0.4 is 14.2 Å². The average Bonchev–Trinajstić information content (AvgIpc) is 3.77. The monoisotopic (exact) mass is 741 g/mol. The van der Waals surface area contributed by atoms with E-state index in [2.05, 4.69) is 32.0 Å². The molecule has 9 rings (SSSR count). The van der Waals surface area contributed by atoms with Gasteiger partial charge in [-0.1, -0.05) is 86.2 Å².